The Bertz CT molecular complexity index is 811. The Kier molecular flexibility index (Phi) is 12.5. The summed E-state index contributed by atoms with van der Waals surface area (Å²) in [5.41, 5.74) is 23.1. The molecule has 16 N–H and O–H groups in total. The van der Waals surface area contributed by atoms with E-state index in [1.54, 1.807) is 14.0 Å². The summed E-state index contributed by atoms with van der Waals surface area (Å²) in [6.45, 7) is 2.24. The van der Waals surface area contributed by atoms with Crippen molar-refractivity contribution < 1.29 is 39.7 Å². The van der Waals surface area contributed by atoms with Crippen molar-refractivity contribution in [2.75, 3.05) is 46.4 Å². The summed E-state index contributed by atoms with van der Waals surface area (Å²) in [5, 5.41) is 61.8. The van der Waals surface area contributed by atoms with Crippen molar-refractivity contribution in [1.82, 2.24) is 16.0 Å². The van der Waals surface area contributed by atoms with Gasteiger partial charge in [-0.25, -0.2) is 0 Å². The Morgan fingerprint density at radius 3 is 2.58 bits per heavy atom. The quantitative estimate of drug-likeness (QED) is 0.0972. The maximum absolute atomic E-state index is 11.7. The largest absolute Gasteiger partial charge is 0.492 e. The molecule has 15 heteroatoms. The standard InChI is InChI=1S/C25H51N7O8/c1-25(37)11-38-24(20(36)23(25)30-2)40-22-17(32-8-13(34)6-26)5-16(29)18(19(22)35)21-15(28)4-3-14(39-21)9-31-7-12(27)10-33/h3,12-13,15-24,30-37H,4-11,26-29H2,1-2H3. The summed E-state index contributed by atoms with van der Waals surface area (Å²) in [6.07, 6.45) is -3.25. The molecule has 0 aromatic rings. The van der Waals surface area contributed by atoms with E-state index < -0.39 is 78.5 Å². The molecule has 40 heavy (non-hydrogen) atoms. The fraction of sp³-hybridized carbons (Fsp3) is 0.920. The van der Waals surface area contributed by atoms with Crippen LogP contribution in [-0.2, 0) is 14.2 Å². The third-order valence-corrected chi connectivity index (χ3v) is 8.11. The molecule has 13 atom stereocenters. The number of ether oxygens (including phenoxy) is 3. The summed E-state index contributed by atoms with van der Waals surface area (Å²) in [4.78, 5) is 0. The SMILES string of the molecule is CNC1C(O)C(OC2C(NCC(O)CN)CC(N)C(C3OC(CNCC(N)CO)=CCC3N)C2O)OCC1(C)O. The van der Waals surface area contributed by atoms with E-state index in [9.17, 15) is 20.4 Å². The minimum atomic E-state index is -1.34. The van der Waals surface area contributed by atoms with E-state index in [4.69, 9.17) is 42.3 Å². The first-order valence-corrected chi connectivity index (χ1v) is 14.0. The van der Waals surface area contributed by atoms with Gasteiger partial charge in [-0.05, 0) is 32.9 Å². The molecule has 1 saturated heterocycles. The van der Waals surface area contributed by atoms with Gasteiger partial charge in [-0.15, -0.1) is 0 Å². The van der Waals surface area contributed by atoms with Gasteiger partial charge >= 0.3 is 0 Å². The lowest BCUT2D eigenvalue weighted by atomic mass is 9.72. The molecule has 2 fully saturated rings. The molecule has 0 aromatic carbocycles. The molecule has 0 aromatic heterocycles. The number of likely N-dealkylation sites (N-methyl/N-ethyl adjacent to an activating group) is 1. The summed E-state index contributed by atoms with van der Waals surface area (Å²) >= 11 is 0. The van der Waals surface area contributed by atoms with Crippen LogP contribution in [-0.4, -0.2) is 145 Å². The van der Waals surface area contributed by atoms with Crippen LogP contribution >= 0.6 is 0 Å². The van der Waals surface area contributed by atoms with E-state index in [0.29, 0.717) is 31.7 Å². The number of hydrogen-bond donors (Lipinski definition) is 12. The van der Waals surface area contributed by atoms with Crippen molar-refractivity contribution in [2.24, 2.45) is 28.9 Å². The molecular weight excluding hydrogens is 526 g/mol. The van der Waals surface area contributed by atoms with E-state index in [2.05, 4.69) is 16.0 Å². The highest BCUT2D eigenvalue weighted by molar-refractivity contribution is 5.10. The third kappa shape index (κ3) is 8.08. The molecule has 2 aliphatic heterocycles. The normalized spacial score (nSPS) is 42.1. The molecule has 2 heterocycles. The predicted molar refractivity (Wildman–Crippen MR) is 147 cm³/mol. The monoisotopic (exact) mass is 577 g/mol. The topological polar surface area (TPSA) is 269 Å². The number of nitrogens with two attached hydrogens (primary N) is 4. The zero-order valence-corrected chi connectivity index (χ0v) is 23.4. The van der Waals surface area contributed by atoms with E-state index in [1.807, 2.05) is 6.08 Å². The molecule has 234 valence electrons. The highest BCUT2D eigenvalue weighted by atomic mass is 16.7. The van der Waals surface area contributed by atoms with E-state index in [0.717, 1.165) is 0 Å². The Hall–Kier alpha value is -1.02. The van der Waals surface area contributed by atoms with Crippen molar-refractivity contribution >= 4 is 0 Å². The summed E-state index contributed by atoms with van der Waals surface area (Å²) in [6, 6.07) is -2.66. The lowest BCUT2D eigenvalue weighted by molar-refractivity contribution is -0.298. The van der Waals surface area contributed by atoms with Crippen LogP contribution < -0.4 is 38.9 Å². The van der Waals surface area contributed by atoms with Crippen molar-refractivity contribution in [3.8, 4) is 0 Å². The van der Waals surface area contributed by atoms with Gasteiger partial charge in [-0.3, -0.25) is 0 Å². The van der Waals surface area contributed by atoms with Gasteiger partial charge in [-0.1, -0.05) is 0 Å². The maximum Gasteiger partial charge on any atom is 0.185 e. The average molecular weight is 578 g/mol. The van der Waals surface area contributed by atoms with Gasteiger partial charge in [0.15, 0.2) is 6.29 Å². The maximum atomic E-state index is 11.7. The first-order valence-electron chi connectivity index (χ1n) is 14.0. The van der Waals surface area contributed by atoms with E-state index in [1.165, 1.54) is 0 Å². The fourth-order valence-electron chi connectivity index (χ4n) is 5.83. The van der Waals surface area contributed by atoms with Crippen molar-refractivity contribution in [1.29, 1.82) is 0 Å². The van der Waals surface area contributed by atoms with Crippen LogP contribution in [0, 0.1) is 5.92 Å². The van der Waals surface area contributed by atoms with Gasteiger partial charge in [0.1, 0.15) is 29.7 Å². The second-order valence-corrected chi connectivity index (χ2v) is 11.5. The summed E-state index contributed by atoms with van der Waals surface area (Å²) in [5.74, 6) is -0.00465. The van der Waals surface area contributed by atoms with Crippen LogP contribution in [0.2, 0.25) is 0 Å². The van der Waals surface area contributed by atoms with Gasteiger partial charge in [0.2, 0.25) is 0 Å². The van der Waals surface area contributed by atoms with Crippen molar-refractivity contribution in [3.63, 3.8) is 0 Å². The number of hydrogen-bond acceptors (Lipinski definition) is 15. The van der Waals surface area contributed by atoms with Gasteiger partial charge < -0.3 is 78.6 Å². The third-order valence-electron chi connectivity index (χ3n) is 8.11. The van der Waals surface area contributed by atoms with E-state index >= 15 is 0 Å². The van der Waals surface area contributed by atoms with Gasteiger partial charge in [0.05, 0.1) is 38.0 Å². The smallest absolute Gasteiger partial charge is 0.185 e. The Labute approximate surface area is 235 Å². The van der Waals surface area contributed by atoms with E-state index in [-0.39, 0.29) is 26.3 Å². The first-order chi connectivity index (χ1) is 18.9. The van der Waals surface area contributed by atoms with Crippen molar-refractivity contribution in [2.45, 2.75) is 92.4 Å². The minimum Gasteiger partial charge on any atom is -0.492 e. The van der Waals surface area contributed by atoms with Crippen LogP contribution in [0.1, 0.15) is 19.8 Å². The molecule has 0 spiro atoms. The van der Waals surface area contributed by atoms with Gasteiger partial charge in [0, 0.05) is 49.7 Å². The van der Waals surface area contributed by atoms with Gasteiger partial charge in [0.25, 0.3) is 0 Å². The second kappa shape index (κ2) is 14.9. The molecule has 0 amide bonds. The Morgan fingerprint density at radius 2 is 1.93 bits per heavy atom. The summed E-state index contributed by atoms with van der Waals surface area (Å²) in [7, 11) is 1.62. The second-order valence-electron chi connectivity index (χ2n) is 11.5. The highest BCUT2D eigenvalue weighted by Crippen LogP contribution is 2.36. The summed E-state index contributed by atoms with van der Waals surface area (Å²) < 4.78 is 18.2. The minimum absolute atomic E-state index is 0.0446. The molecule has 0 bridgehead atoms. The lowest BCUT2D eigenvalue weighted by Gasteiger charge is -2.50. The molecule has 3 aliphatic rings. The van der Waals surface area contributed by atoms with Gasteiger partial charge in [-0.2, -0.15) is 0 Å². The first kappa shape index (κ1) is 33.5. The number of aliphatic hydroxyl groups excluding tert-OH is 4. The van der Waals surface area contributed by atoms with Crippen LogP contribution in [0.4, 0.5) is 0 Å². The lowest BCUT2D eigenvalue weighted by Crippen LogP contribution is -2.69. The molecule has 15 nitrogen and oxygen atoms in total. The van der Waals surface area contributed by atoms with Crippen molar-refractivity contribution in [3.05, 3.63) is 11.8 Å². The highest BCUT2D eigenvalue weighted by Gasteiger charge is 2.53. The Balaban J connectivity index is 1.78. The predicted octanol–water partition coefficient (Wildman–Crippen LogP) is -5.68. The fourth-order valence-corrected chi connectivity index (χ4v) is 5.83. The van der Waals surface area contributed by atoms with Crippen LogP contribution in [0.3, 0.4) is 0 Å². The molecule has 0 radical (unpaired) electrons. The average Bonchev–Trinajstić information content (AvgIpc) is 2.91. The molecule has 3 rings (SSSR count). The zero-order valence-electron chi connectivity index (χ0n) is 23.4. The molecule has 1 aliphatic carbocycles. The number of rotatable bonds is 13. The van der Waals surface area contributed by atoms with Crippen LogP contribution in [0.5, 0.6) is 0 Å². The number of aliphatic hydroxyl groups is 5. The number of nitrogens with one attached hydrogen (secondary N) is 3. The molecule has 1 saturated carbocycles. The Morgan fingerprint density at radius 1 is 1.20 bits per heavy atom. The van der Waals surface area contributed by atoms with Crippen LogP contribution in [0.25, 0.3) is 0 Å². The van der Waals surface area contributed by atoms with Crippen LogP contribution in [0.15, 0.2) is 11.8 Å². The zero-order chi connectivity index (χ0) is 29.6. The molecule has 13 unspecified atom stereocenters. The molecular formula is C25H51N7O8.